The Balaban J connectivity index is 2.39. The van der Waals surface area contributed by atoms with E-state index < -0.39 is 0 Å². The zero-order valence-corrected chi connectivity index (χ0v) is 7.91. The minimum Gasteiger partial charge on any atom is -0.322 e. The van der Waals surface area contributed by atoms with Gasteiger partial charge in [0.05, 0.1) is 4.92 Å². The summed E-state index contributed by atoms with van der Waals surface area (Å²) < 4.78 is 0. The van der Waals surface area contributed by atoms with Crippen LogP contribution in [0.2, 0.25) is 0 Å². The van der Waals surface area contributed by atoms with E-state index in [9.17, 15) is 10.1 Å². The number of anilines is 1. The van der Waals surface area contributed by atoms with Crippen molar-refractivity contribution >= 4 is 17.6 Å². The summed E-state index contributed by atoms with van der Waals surface area (Å²) in [4.78, 5) is 16.2. The van der Waals surface area contributed by atoms with Crippen LogP contribution in [0.15, 0.2) is 41.5 Å². The van der Waals surface area contributed by atoms with Crippen LogP contribution < -0.4 is 4.90 Å². The van der Waals surface area contributed by atoms with Gasteiger partial charge in [-0.25, -0.2) is 0 Å². The highest BCUT2D eigenvalue weighted by Gasteiger charge is 2.17. The van der Waals surface area contributed by atoms with E-state index in [2.05, 4.69) is 4.99 Å². The van der Waals surface area contributed by atoms with E-state index in [1.54, 1.807) is 41.6 Å². The fourth-order valence-corrected chi connectivity index (χ4v) is 1.40. The molecule has 1 aromatic carbocycles. The van der Waals surface area contributed by atoms with Crippen molar-refractivity contribution in [1.29, 1.82) is 0 Å². The van der Waals surface area contributed by atoms with Gasteiger partial charge in [-0.3, -0.25) is 15.1 Å². The highest BCUT2D eigenvalue weighted by Crippen LogP contribution is 2.28. The molecule has 0 radical (unpaired) electrons. The Morgan fingerprint density at radius 2 is 2.20 bits per heavy atom. The summed E-state index contributed by atoms with van der Waals surface area (Å²) in [5.74, 6) is 0. The molecule has 1 aliphatic heterocycles. The second-order valence-corrected chi connectivity index (χ2v) is 3.03. The number of benzene rings is 1. The number of nitro groups is 1. The van der Waals surface area contributed by atoms with Gasteiger partial charge in [0.25, 0.3) is 5.69 Å². The molecule has 0 amide bonds. The molecule has 0 saturated heterocycles. The summed E-state index contributed by atoms with van der Waals surface area (Å²) in [7, 11) is 0. The van der Waals surface area contributed by atoms with Gasteiger partial charge in [-0.2, -0.15) is 0 Å². The number of nitrogens with zero attached hydrogens (tertiary/aromatic N) is 3. The van der Waals surface area contributed by atoms with E-state index in [1.807, 2.05) is 0 Å². The quantitative estimate of drug-likeness (QED) is 0.545. The van der Waals surface area contributed by atoms with Gasteiger partial charge in [0.15, 0.2) is 0 Å². The first-order chi connectivity index (χ1) is 7.29. The maximum atomic E-state index is 10.8. The number of allylic oxidation sites excluding steroid dienone is 1. The molecule has 0 aliphatic carbocycles. The second kappa shape index (κ2) is 3.91. The summed E-state index contributed by atoms with van der Waals surface area (Å²) in [5.41, 5.74) is 0.662. The number of aliphatic imine (C=N–C) groups is 1. The van der Waals surface area contributed by atoms with E-state index in [1.165, 1.54) is 6.07 Å². The first kappa shape index (κ1) is 9.39. The van der Waals surface area contributed by atoms with Gasteiger partial charge in [0, 0.05) is 18.5 Å². The van der Waals surface area contributed by atoms with E-state index in [0.717, 1.165) is 0 Å². The number of nitro benzene ring substituents is 1. The van der Waals surface area contributed by atoms with E-state index in [-0.39, 0.29) is 10.6 Å². The largest absolute Gasteiger partial charge is 0.322 e. The Bertz CT molecular complexity index is 440. The zero-order valence-electron chi connectivity index (χ0n) is 7.91. The average molecular weight is 203 g/mol. The van der Waals surface area contributed by atoms with Crippen LogP contribution in [0.25, 0.3) is 0 Å². The van der Waals surface area contributed by atoms with Crippen LogP contribution in [0, 0.1) is 10.1 Å². The van der Waals surface area contributed by atoms with Crippen molar-refractivity contribution in [2.75, 3.05) is 11.6 Å². The number of hydrogen-bond acceptors (Lipinski definition) is 4. The van der Waals surface area contributed by atoms with E-state index in [0.29, 0.717) is 12.4 Å². The SMILES string of the molecule is O=[N+]([O-])c1ccccc1N1C=CC=NC1. The highest BCUT2D eigenvalue weighted by molar-refractivity contribution is 5.75. The van der Waals surface area contributed by atoms with Gasteiger partial charge in [-0.1, -0.05) is 12.1 Å². The van der Waals surface area contributed by atoms with Crippen LogP contribution in [0.5, 0.6) is 0 Å². The summed E-state index contributed by atoms with van der Waals surface area (Å²) in [5, 5.41) is 10.8. The molecular weight excluding hydrogens is 194 g/mol. The second-order valence-electron chi connectivity index (χ2n) is 3.03. The Morgan fingerprint density at radius 1 is 1.40 bits per heavy atom. The molecule has 0 unspecified atom stereocenters. The standard InChI is InChI=1S/C10H9N3O2/c14-13(15)10-5-2-1-4-9(10)12-7-3-6-11-8-12/h1-7H,8H2. The van der Waals surface area contributed by atoms with Crippen molar-refractivity contribution in [3.63, 3.8) is 0 Å². The Kier molecular flexibility index (Phi) is 2.45. The lowest BCUT2D eigenvalue weighted by Gasteiger charge is -2.19. The van der Waals surface area contributed by atoms with Gasteiger partial charge >= 0.3 is 0 Å². The van der Waals surface area contributed by atoms with Gasteiger partial charge in [-0.05, 0) is 12.1 Å². The lowest BCUT2D eigenvalue weighted by molar-refractivity contribution is -0.384. The monoisotopic (exact) mass is 203 g/mol. The lowest BCUT2D eigenvalue weighted by atomic mass is 10.2. The number of para-hydroxylation sites is 2. The minimum absolute atomic E-state index is 0.0965. The summed E-state index contributed by atoms with van der Waals surface area (Å²) >= 11 is 0. The molecule has 0 aromatic heterocycles. The predicted octanol–water partition coefficient (Wildman–Crippen LogP) is 1.96. The molecule has 0 fully saturated rings. The summed E-state index contributed by atoms with van der Waals surface area (Å²) in [6.07, 6.45) is 5.20. The average Bonchev–Trinajstić information content (AvgIpc) is 2.30. The van der Waals surface area contributed by atoms with E-state index >= 15 is 0 Å². The molecule has 1 aliphatic rings. The van der Waals surface area contributed by atoms with Crippen molar-refractivity contribution < 1.29 is 4.92 Å². The van der Waals surface area contributed by atoms with Crippen LogP contribution in [0.1, 0.15) is 0 Å². The van der Waals surface area contributed by atoms with Crippen LogP contribution >= 0.6 is 0 Å². The van der Waals surface area contributed by atoms with E-state index in [4.69, 9.17) is 0 Å². The zero-order chi connectivity index (χ0) is 10.7. The molecule has 1 aromatic rings. The van der Waals surface area contributed by atoms with Crippen LogP contribution in [0.4, 0.5) is 11.4 Å². The molecular formula is C10H9N3O2. The molecule has 5 nitrogen and oxygen atoms in total. The van der Waals surface area contributed by atoms with Crippen molar-refractivity contribution in [3.05, 3.63) is 46.7 Å². The predicted molar refractivity (Wildman–Crippen MR) is 58.1 cm³/mol. The van der Waals surface area contributed by atoms with Gasteiger partial charge in [0.2, 0.25) is 0 Å². The van der Waals surface area contributed by atoms with Crippen LogP contribution in [-0.2, 0) is 0 Å². The van der Waals surface area contributed by atoms with Gasteiger partial charge < -0.3 is 4.90 Å². The summed E-state index contributed by atoms with van der Waals surface area (Å²) in [6, 6.07) is 6.62. The van der Waals surface area contributed by atoms with Crippen LogP contribution in [-0.4, -0.2) is 17.8 Å². The van der Waals surface area contributed by atoms with Crippen molar-refractivity contribution in [1.82, 2.24) is 0 Å². The molecule has 1 heterocycles. The van der Waals surface area contributed by atoms with Crippen molar-refractivity contribution in [2.45, 2.75) is 0 Å². The third-order valence-electron chi connectivity index (χ3n) is 2.08. The third-order valence-corrected chi connectivity index (χ3v) is 2.08. The molecule has 0 atom stereocenters. The van der Waals surface area contributed by atoms with Crippen LogP contribution in [0.3, 0.4) is 0 Å². The Labute approximate surface area is 86.5 Å². The first-order valence-electron chi connectivity index (χ1n) is 4.46. The van der Waals surface area contributed by atoms with Gasteiger partial charge in [-0.15, -0.1) is 0 Å². The first-order valence-corrected chi connectivity index (χ1v) is 4.46. The summed E-state index contributed by atoms with van der Waals surface area (Å²) in [6.45, 7) is 0.418. The molecule has 2 rings (SSSR count). The number of hydrogen-bond donors (Lipinski definition) is 0. The lowest BCUT2D eigenvalue weighted by Crippen LogP contribution is -2.19. The third kappa shape index (κ3) is 1.85. The maximum absolute atomic E-state index is 10.8. The van der Waals surface area contributed by atoms with Gasteiger partial charge in [0.1, 0.15) is 12.4 Å². The molecule has 0 spiro atoms. The van der Waals surface area contributed by atoms with Crippen molar-refractivity contribution in [3.8, 4) is 0 Å². The minimum atomic E-state index is -0.387. The van der Waals surface area contributed by atoms with Crippen molar-refractivity contribution in [2.24, 2.45) is 4.99 Å². The Morgan fingerprint density at radius 3 is 2.87 bits per heavy atom. The highest BCUT2D eigenvalue weighted by atomic mass is 16.6. The fourth-order valence-electron chi connectivity index (χ4n) is 1.40. The Hall–Kier alpha value is -2.17. The fraction of sp³-hybridized carbons (Fsp3) is 0.100. The number of rotatable bonds is 2. The molecule has 76 valence electrons. The molecule has 15 heavy (non-hydrogen) atoms. The molecule has 5 heteroatoms. The maximum Gasteiger partial charge on any atom is 0.292 e. The molecule has 0 N–H and O–H groups in total. The molecule has 0 bridgehead atoms. The molecule has 0 saturated carbocycles. The smallest absolute Gasteiger partial charge is 0.292 e. The normalized spacial score (nSPS) is 14.3. The topological polar surface area (TPSA) is 58.7 Å².